The monoisotopic (exact) mass is 232 g/mol. The Morgan fingerprint density at radius 1 is 1.53 bits per heavy atom. The summed E-state index contributed by atoms with van der Waals surface area (Å²) in [6.07, 6.45) is -1.37. The van der Waals surface area contributed by atoms with E-state index in [2.05, 4.69) is 0 Å². The van der Waals surface area contributed by atoms with Crippen LogP contribution in [0.5, 0.6) is 0 Å². The second-order valence-electron chi connectivity index (χ2n) is 3.13. The summed E-state index contributed by atoms with van der Waals surface area (Å²) in [6.45, 7) is 0. The fourth-order valence-corrected chi connectivity index (χ4v) is 1.35. The summed E-state index contributed by atoms with van der Waals surface area (Å²) in [6, 6.07) is 4.05. The molecule has 0 heterocycles. The molecule has 0 aromatic heterocycles. The molecule has 1 aromatic carbocycles. The van der Waals surface area contributed by atoms with Crippen LogP contribution in [0.2, 0.25) is 5.02 Å². The van der Waals surface area contributed by atoms with Crippen LogP contribution < -0.4 is 0 Å². The zero-order chi connectivity index (χ0) is 11.4. The fraction of sp³-hybridized carbons (Fsp3) is 0.300. The zero-order valence-electron chi connectivity index (χ0n) is 7.78. The minimum absolute atomic E-state index is 0.0351. The molecule has 0 saturated heterocycles. The number of aliphatic hydroxyl groups is 1. The average molecular weight is 233 g/mol. The van der Waals surface area contributed by atoms with Gasteiger partial charge in [0.15, 0.2) is 6.10 Å². The fourth-order valence-electron chi connectivity index (χ4n) is 1.15. The smallest absolute Gasteiger partial charge is 0.332 e. The number of halogens is 2. The first kappa shape index (κ1) is 11.9. The van der Waals surface area contributed by atoms with Gasteiger partial charge in [-0.3, -0.25) is 0 Å². The van der Waals surface area contributed by atoms with Crippen LogP contribution in [0.4, 0.5) is 4.39 Å². The Bertz CT molecular complexity index is 368. The third kappa shape index (κ3) is 3.49. The molecule has 1 aromatic rings. The number of hydrogen-bond donors (Lipinski definition) is 2. The van der Waals surface area contributed by atoms with Crippen molar-refractivity contribution in [3.05, 3.63) is 34.6 Å². The highest BCUT2D eigenvalue weighted by molar-refractivity contribution is 6.30. The molecule has 0 amide bonds. The van der Waals surface area contributed by atoms with Crippen LogP contribution in [-0.4, -0.2) is 22.3 Å². The number of rotatable bonds is 4. The molecule has 0 aliphatic carbocycles. The summed E-state index contributed by atoms with van der Waals surface area (Å²) >= 11 is 5.65. The number of hydrogen-bond acceptors (Lipinski definition) is 2. The molecule has 1 rings (SSSR count). The highest BCUT2D eigenvalue weighted by Gasteiger charge is 2.14. The van der Waals surface area contributed by atoms with Gasteiger partial charge in [0.1, 0.15) is 5.82 Å². The van der Waals surface area contributed by atoms with Crippen molar-refractivity contribution in [1.29, 1.82) is 0 Å². The van der Waals surface area contributed by atoms with E-state index in [1.807, 2.05) is 0 Å². The first-order valence-corrected chi connectivity index (χ1v) is 4.73. The number of carbonyl (C=O) groups is 1. The predicted molar refractivity (Wildman–Crippen MR) is 53.4 cm³/mol. The largest absolute Gasteiger partial charge is 0.479 e. The molecule has 0 saturated carbocycles. The number of aryl methyl sites for hydroxylation is 1. The second-order valence-corrected chi connectivity index (χ2v) is 3.56. The summed E-state index contributed by atoms with van der Waals surface area (Å²) in [5, 5.41) is 17.8. The van der Waals surface area contributed by atoms with Gasteiger partial charge in [-0.2, -0.15) is 0 Å². The number of aliphatic hydroxyl groups excluding tert-OH is 1. The second kappa shape index (κ2) is 5.09. The van der Waals surface area contributed by atoms with Gasteiger partial charge in [-0.25, -0.2) is 9.18 Å². The topological polar surface area (TPSA) is 57.5 Å². The maximum absolute atomic E-state index is 13.1. The van der Waals surface area contributed by atoms with Gasteiger partial charge >= 0.3 is 5.97 Å². The van der Waals surface area contributed by atoms with Gasteiger partial charge in [0.2, 0.25) is 0 Å². The van der Waals surface area contributed by atoms with Crippen LogP contribution in [0.25, 0.3) is 0 Å². The van der Waals surface area contributed by atoms with E-state index in [9.17, 15) is 9.18 Å². The molecular formula is C10H10ClFO3. The Balaban J connectivity index is 2.65. The van der Waals surface area contributed by atoms with Gasteiger partial charge in [0.25, 0.3) is 0 Å². The molecule has 2 N–H and O–H groups in total. The lowest BCUT2D eigenvalue weighted by Crippen LogP contribution is -2.20. The summed E-state index contributed by atoms with van der Waals surface area (Å²) in [4.78, 5) is 10.3. The Morgan fingerprint density at radius 2 is 2.20 bits per heavy atom. The third-order valence-electron chi connectivity index (χ3n) is 1.98. The lowest BCUT2D eigenvalue weighted by Gasteiger charge is -2.06. The minimum atomic E-state index is -1.47. The molecule has 3 nitrogen and oxygen atoms in total. The molecule has 0 fully saturated rings. The van der Waals surface area contributed by atoms with Gasteiger partial charge in [0, 0.05) is 5.02 Å². The van der Waals surface area contributed by atoms with Crippen molar-refractivity contribution >= 4 is 17.6 Å². The molecule has 0 aliphatic rings. The zero-order valence-corrected chi connectivity index (χ0v) is 8.54. The van der Waals surface area contributed by atoms with E-state index in [0.717, 1.165) is 0 Å². The predicted octanol–water partition coefficient (Wildman–Crippen LogP) is 1.86. The van der Waals surface area contributed by atoms with E-state index in [-0.39, 0.29) is 12.8 Å². The van der Waals surface area contributed by atoms with Gasteiger partial charge in [-0.05, 0) is 36.6 Å². The molecule has 0 radical (unpaired) electrons. The van der Waals surface area contributed by atoms with E-state index in [0.29, 0.717) is 10.6 Å². The van der Waals surface area contributed by atoms with Crippen molar-refractivity contribution in [1.82, 2.24) is 0 Å². The van der Waals surface area contributed by atoms with E-state index < -0.39 is 17.9 Å². The number of aliphatic carboxylic acids is 1. The van der Waals surface area contributed by atoms with Crippen molar-refractivity contribution in [3.8, 4) is 0 Å². The first-order chi connectivity index (χ1) is 7.00. The van der Waals surface area contributed by atoms with Crippen molar-refractivity contribution < 1.29 is 19.4 Å². The van der Waals surface area contributed by atoms with Gasteiger partial charge in [-0.15, -0.1) is 0 Å². The summed E-state index contributed by atoms with van der Waals surface area (Å²) in [5.74, 6) is -1.76. The quantitative estimate of drug-likeness (QED) is 0.833. The van der Waals surface area contributed by atoms with Crippen LogP contribution in [-0.2, 0) is 11.2 Å². The Hall–Kier alpha value is -1.13. The number of benzene rings is 1. The van der Waals surface area contributed by atoms with Crippen molar-refractivity contribution in [2.24, 2.45) is 0 Å². The number of carboxylic acids is 1. The summed E-state index contributed by atoms with van der Waals surface area (Å²) < 4.78 is 13.1. The van der Waals surface area contributed by atoms with Crippen molar-refractivity contribution in [3.63, 3.8) is 0 Å². The summed E-state index contributed by atoms with van der Waals surface area (Å²) in [5.41, 5.74) is 0.308. The highest BCUT2D eigenvalue weighted by atomic mass is 35.5. The van der Waals surface area contributed by atoms with E-state index in [1.165, 1.54) is 18.2 Å². The minimum Gasteiger partial charge on any atom is -0.479 e. The van der Waals surface area contributed by atoms with Crippen LogP contribution in [0.1, 0.15) is 12.0 Å². The van der Waals surface area contributed by atoms with Gasteiger partial charge in [0.05, 0.1) is 0 Å². The first-order valence-electron chi connectivity index (χ1n) is 4.35. The maximum atomic E-state index is 13.1. The Labute approximate surface area is 91.1 Å². The molecule has 5 heteroatoms. The molecule has 15 heavy (non-hydrogen) atoms. The molecule has 1 atom stereocenters. The Morgan fingerprint density at radius 3 is 2.80 bits per heavy atom. The molecule has 82 valence electrons. The standard InChI is InChI=1S/C10H10ClFO3/c11-7-2-3-8(12)6(5-7)1-4-9(13)10(14)15/h2-3,5,9,13H,1,4H2,(H,14,15). The van der Waals surface area contributed by atoms with E-state index in [4.69, 9.17) is 21.8 Å². The van der Waals surface area contributed by atoms with E-state index in [1.54, 1.807) is 0 Å². The SMILES string of the molecule is O=C(O)C(O)CCc1cc(Cl)ccc1F. The Kier molecular flexibility index (Phi) is 4.05. The van der Waals surface area contributed by atoms with Crippen molar-refractivity contribution in [2.75, 3.05) is 0 Å². The molecule has 0 bridgehead atoms. The van der Waals surface area contributed by atoms with Crippen LogP contribution in [0, 0.1) is 5.82 Å². The third-order valence-corrected chi connectivity index (χ3v) is 2.22. The molecule has 1 unspecified atom stereocenters. The molecule has 0 aliphatic heterocycles. The lowest BCUT2D eigenvalue weighted by atomic mass is 10.1. The lowest BCUT2D eigenvalue weighted by molar-refractivity contribution is -0.146. The van der Waals surface area contributed by atoms with Crippen LogP contribution in [0.15, 0.2) is 18.2 Å². The maximum Gasteiger partial charge on any atom is 0.332 e. The van der Waals surface area contributed by atoms with Crippen molar-refractivity contribution in [2.45, 2.75) is 18.9 Å². The van der Waals surface area contributed by atoms with Gasteiger partial charge in [-0.1, -0.05) is 11.6 Å². The van der Waals surface area contributed by atoms with Crippen LogP contribution >= 0.6 is 11.6 Å². The average Bonchev–Trinajstić information content (AvgIpc) is 2.18. The normalized spacial score (nSPS) is 12.5. The highest BCUT2D eigenvalue weighted by Crippen LogP contribution is 2.16. The number of carboxylic acid groups (broad SMARTS) is 1. The summed E-state index contributed by atoms with van der Waals surface area (Å²) in [7, 11) is 0. The van der Waals surface area contributed by atoms with Crippen LogP contribution in [0.3, 0.4) is 0 Å². The van der Waals surface area contributed by atoms with Gasteiger partial charge < -0.3 is 10.2 Å². The molecule has 0 spiro atoms. The van der Waals surface area contributed by atoms with E-state index >= 15 is 0 Å². The molecular weight excluding hydrogens is 223 g/mol.